The van der Waals surface area contributed by atoms with E-state index < -0.39 is 0 Å². The summed E-state index contributed by atoms with van der Waals surface area (Å²) < 4.78 is 5.51. The van der Waals surface area contributed by atoms with E-state index in [-0.39, 0.29) is 29.2 Å². The Labute approximate surface area is 139 Å². The van der Waals surface area contributed by atoms with Gasteiger partial charge < -0.3 is 15.2 Å². The van der Waals surface area contributed by atoms with Crippen LogP contribution < -0.4 is 5.32 Å². The Morgan fingerprint density at radius 2 is 2.09 bits per heavy atom. The van der Waals surface area contributed by atoms with Gasteiger partial charge in [-0.15, -0.1) is 0 Å². The van der Waals surface area contributed by atoms with Gasteiger partial charge in [0.15, 0.2) is 0 Å². The van der Waals surface area contributed by atoms with Gasteiger partial charge in [0.25, 0.3) is 5.91 Å². The van der Waals surface area contributed by atoms with Gasteiger partial charge in [-0.2, -0.15) is 0 Å². The fraction of sp³-hybridized carbons (Fsp3) is 0.294. The summed E-state index contributed by atoms with van der Waals surface area (Å²) in [5.74, 6) is -0.251. The summed E-state index contributed by atoms with van der Waals surface area (Å²) in [5, 5.41) is 13.2. The van der Waals surface area contributed by atoms with Gasteiger partial charge in [0, 0.05) is 23.3 Å². The smallest absolute Gasteiger partial charge is 0.255 e. The fourth-order valence-corrected chi connectivity index (χ4v) is 2.89. The predicted molar refractivity (Wildman–Crippen MR) is 86.6 cm³/mol. The van der Waals surface area contributed by atoms with E-state index >= 15 is 0 Å². The Balaban J connectivity index is 1.68. The zero-order valence-electron chi connectivity index (χ0n) is 12.4. The lowest BCUT2D eigenvalue weighted by Gasteiger charge is -2.19. The number of nitrogens with one attached hydrogen (secondary N) is 1. The van der Waals surface area contributed by atoms with E-state index in [1.807, 2.05) is 12.1 Å². The number of phenols is 1. The first kappa shape index (κ1) is 15.8. The van der Waals surface area contributed by atoms with Crippen LogP contribution in [0.4, 0.5) is 0 Å². The zero-order valence-corrected chi connectivity index (χ0v) is 13.2. The maximum Gasteiger partial charge on any atom is 0.255 e. The van der Waals surface area contributed by atoms with Gasteiger partial charge in [0.1, 0.15) is 5.75 Å². The summed E-state index contributed by atoms with van der Waals surface area (Å²) >= 11 is 5.89. The lowest BCUT2D eigenvalue weighted by Crippen LogP contribution is -2.40. The largest absolute Gasteiger partial charge is 0.507 e. The van der Waals surface area contributed by atoms with Crippen LogP contribution in [0.25, 0.3) is 0 Å². The van der Waals surface area contributed by atoms with E-state index in [4.69, 9.17) is 16.3 Å². The molecular weight excluding hydrogens is 316 g/mol. The van der Waals surface area contributed by atoms with Gasteiger partial charge in [-0.1, -0.05) is 11.6 Å². The van der Waals surface area contributed by atoms with Crippen molar-refractivity contribution in [2.75, 3.05) is 13.2 Å². The SMILES string of the molecule is O=C(NC1COCC1Cc1ccncc1)c1cc(Cl)ccc1O. The second-order valence-electron chi connectivity index (χ2n) is 5.60. The number of carbonyl (C=O) groups is 1. The fourth-order valence-electron chi connectivity index (χ4n) is 2.72. The summed E-state index contributed by atoms with van der Waals surface area (Å²) in [7, 11) is 0. The van der Waals surface area contributed by atoms with Crippen LogP contribution in [0.5, 0.6) is 5.75 Å². The van der Waals surface area contributed by atoms with Crippen LogP contribution in [0.3, 0.4) is 0 Å². The lowest BCUT2D eigenvalue weighted by atomic mass is 9.95. The number of carbonyl (C=O) groups excluding carboxylic acids is 1. The van der Waals surface area contributed by atoms with Crippen molar-refractivity contribution in [3.8, 4) is 5.75 Å². The molecule has 6 heteroatoms. The van der Waals surface area contributed by atoms with Crippen molar-refractivity contribution in [3.05, 3.63) is 58.9 Å². The lowest BCUT2D eigenvalue weighted by molar-refractivity contribution is 0.0922. The Hall–Kier alpha value is -2.11. The van der Waals surface area contributed by atoms with E-state index in [1.165, 1.54) is 12.1 Å². The Kier molecular flexibility index (Phi) is 4.79. The summed E-state index contributed by atoms with van der Waals surface area (Å²) in [6, 6.07) is 8.23. The molecule has 2 atom stereocenters. The normalized spacial score (nSPS) is 20.4. The topological polar surface area (TPSA) is 71.5 Å². The Morgan fingerprint density at radius 1 is 1.30 bits per heavy atom. The second-order valence-corrected chi connectivity index (χ2v) is 6.03. The highest BCUT2D eigenvalue weighted by Crippen LogP contribution is 2.23. The quantitative estimate of drug-likeness (QED) is 0.902. The van der Waals surface area contributed by atoms with Gasteiger partial charge in [-0.25, -0.2) is 0 Å². The van der Waals surface area contributed by atoms with E-state index in [2.05, 4.69) is 10.3 Å². The molecule has 2 N–H and O–H groups in total. The number of pyridine rings is 1. The minimum atomic E-state index is -0.347. The Bertz CT molecular complexity index is 693. The summed E-state index contributed by atoms with van der Waals surface area (Å²) in [4.78, 5) is 16.4. The molecule has 1 amide bonds. The summed E-state index contributed by atoms with van der Waals surface area (Å²) in [6.45, 7) is 1.05. The molecule has 1 fully saturated rings. The van der Waals surface area contributed by atoms with Crippen LogP contribution in [0.1, 0.15) is 15.9 Å². The van der Waals surface area contributed by atoms with Crippen molar-refractivity contribution in [2.24, 2.45) is 5.92 Å². The molecule has 2 heterocycles. The first-order valence-electron chi connectivity index (χ1n) is 7.39. The number of rotatable bonds is 4. The summed E-state index contributed by atoms with van der Waals surface area (Å²) in [6.07, 6.45) is 4.31. The molecule has 0 bridgehead atoms. The molecule has 3 rings (SSSR count). The molecule has 1 aromatic heterocycles. The molecule has 5 nitrogen and oxygen atoms in total. The van der Waals surface area contributed by atoms with Crippen LogP contribution in [0.15, 0.2) is 42.7 Å². The van der Waals surface area contributed by atoms with Crippen LogP contribution >= 0.6 is 11.6 Å². The average molecular weight is 333 g/mol. The first-order valence-corrected chi connectivity index (χ1v) is 7.77. The minimum absolute atomic E-state index is 0.0866. The molecule has 1 aliphatic rings. The third-order valence-electron chi connectivity index (χ3n) is 3.97. The van der Waals surface area contributed by atoms with Crippen molar-refractivity contribution < 1.29 is 14.6 Å². The van der Waals surface area contributed by atoms with Crippen molar-refractivity contribution in [1.82, 2.24) is 10.3 Å². The highest BCUT2D eigenvalue weighted by Gasteiger charge is 2.30. The number of aromatic hydroxyl groups is 1. The molecule has 0 aliphatic carbocycles. The van der Waals surface area contributed by atoms with Crippen molar-refractivity contribution in [3.63, 3.8) is 0 Å². The van der Waals surface area contributed by atoms with Crippen molar-refractivity contribution >= 4 is 17.5 Å². The number of nitrogens with zero attached hydrogens (tertiary/aromatic N) is 1. The zero-order chi connectivity index (χ0) is 16.2. The van der Waals surface area contributed by atoms with E-state index in [0.717, 1.165) is 12.0 Å². The maximum absolute atomic E-state index is 12.4. The predicted octanol–water partition coefficient (Wildman–Crippen LogP) is 2.43. The average Bonchev–Trinajstić information content (AvgIpc) is 2.97. The molecule has 1 saturated heterocycles. The van der Waals surface area contributed by atoms with E-state index in [9.17, 15) is 9.90 Å². The molecule has 1 aliphatic heterocycles. The van der Waals surface area contributed by atoms with Crippen LogP contribution in [-0.4, -0.2) is 35.3 Å². The van der Waals surface area contributed by atoms with Crippen LogP contribution in [-0.2, 0) is 11.2 Å². The standard InChI is InChI=1S/C17H17ClN2O3/c18-13-1-2-16(21)14(8-13)17(22)20-15-10-23-9-12(15)7-11-3-5-19-6-4-11/h1-6,8,12,15,21H,7,9-10H2,(H,20,22). The van der Waals surface area contributed by atoms with Crippen LogP contribution in [0, 0.1) is 5.92 Å². The highest BCUT2D eigenvalue weighted by atomic mass is 35.5. The number of hydrogen-bond acceptors (Lipinski definition) is 4. The van der Waals surface area contributed by atoms with Gasteiger partial charge in [0.2, 0.25) is 0 Å². The number of phenolic OH excluding ortho intramolecular Hbond substituents is 1. The third kappa shape index (κ3) is 3.81. The van der Waals surface area contributed by atoms with Crippen LogP contribution in [0.2, 0.25) is 5.02 Å². The molecular formula is C17H17ClN2O3. The first-order chi connectivity index (χ1) is 11.1. The molecule has 2 aromatic rings. The molecule has 1 aromatic carbocycles. The number of benzene rings is 1. The number of amides is 1. The van der Waals surface area contributed by atoms with E-state index in [0.29, 0.717) is 18.2 Å². The molecule has 120 valence electrons. The monoisotopic (exact) mass is 332 g/mol. The molecule has 2 unspecified atom stereocenters. The molecule has 0 saturated carbocycles. The van der Waals surface area contributed by atoms with Gasteiger partial charge >= 0.3 is 0 Å². The van der Waals surface area contributed by atoms with Gasteiger partial charge in [-0.3, -0.25) is 9.78 Å². The third-order valence-corrected chi connectivity index (χ3v) is 4.20. The van der Waals surface area contributed by atoms with Crippen molar-refractivity contribution in [1.29, 1.82) is 0 Å². The molecule has 0 radical (unpaired) electrons. The summed E-state index contributed by atoms with van der Waals surface area (Å²) in [5.41, 5.74) is 1.33. The highest BCUT2D eigenvalue weighted by molar-refractivity contribution is 6.31. The van der Waals surface area contributed by atoms with Gasteiger partial charge in [-0.05, 0) is 42.3 Å². The number of hydrogen-bond donors (Lipinski definition) is 2. The second kappa shape index (κ2) is 6.98. The van der Waals surface area contributed by atoms with E-state index in [1.54, 1.807) is 18.5 Å². The molecule has 23 heavy (non-hydrogen) atoms. The van der Waals surface area contributed by atoms with Crippen molar-refractivity contribution in [2.45, 2.75) is 12.5 Å². The number of ether oxygens (including phenoxy) is 1. The number of halogens is 1. The Morgan fingerprint density at radius 3 is 2.87 bits per heavy atom. The minimum Gasteiger partial charge on any atom is -0.507 e. The van der Waals surface area contributed by atoms with Gasteiger partial charge in [0.05, 0.1) is 24.8 Å². The maximum atomic E-state index is 12.4. The molecule has 0 spiro atoms. The number of aromatic nitrogens is 1.